The van der Waals surface area contributed by atoms with Crippen molar-refractivity contribution in [2.75, 3.05) is 6.54 Å². The molecule has 0 spiro atoms. The molecule has 0 bridgehead atoms. The number of hydrogen-bond donors (Lipinski definition) is 0. The average molecular weight is 319 g/mol. The van der Waals surface area contributed by atoms with Gasteiger partial charge in [-0.15, -0.1) is 5.10 Å². The third-order valence-electron chi connectivity index (χ3n) is 4.22. The molecule has 1 atom stereocenters. The quantitative estimate of drug-likeness (QED) is 0.849. The summed E-state index contributed by atoms with van der Waals surface area (Å²) in [5.74, 6) is 0.108. The van der Waals surface area contributed by atoms with Crippen molar-refractivity contribution in [1.29, 1.82) is 0 Å². The maximum absolute atomic E-state index is 12.8. The molecule has 2 aromatic rings. The van der Waals surface area contributed by atoms with Crippen molar-refractivity contribution in [2.24, 2.45) is 0 Å². The molecule has 3 heterocycles. The van der Waals surface area contributed by atoms with E-state index in [1.807, 2.05) is 28.8 Å². The second-order valence-corrected chi connectivity index (χ2v) is 6.36. The van der Waals surface area contributed by atoms with Gasteiger partial charge in [0.25, 0.3) is 5.91 Å². The van der Waals surface area contributed by atoms with Crippen molar-refractivity contribution in [1.82, 2.24) is 24.3 Å². The lowest BCUT2D eigenvalue weighted by Crippen LogP contribution is -2.44. The summed E-state index contributed by atoms with van der Waals surface area (Å²) in [4.78, 5) is 15.6. The van der Waals surface area contributed by atoms with Crippen molar-refractivity contribution < 1.29 is 4.79 Å². The highest BCUT2D eigenvalue weighted by Gasteiger charge is 2.29. The van der Waals surface area contributed by atoms with Gasteiger partial charge in [0.1, 0.15) is 4.88 Å². The molecule has 0 unspecified atom stereocenters. The second kappa shape index (κ2) is 7.00. The predicted octanol–water partition coefficient (Wildman–Crippen LogP) is 2.38. The first-order valence-electron chi connectivity index (χ1n) is 7.89. The van der Waals surface area contributed by atoms with Crippen LogP contribution in [0.2, 0.25) is 0 Å². The van der Waals surface area contributed by atoms with E-state index in [1.54, 1.807) is 6.20 Å². The number of rotatable bonds is 5. The smallest absolute Gasteiger partial charge is 0.267 e. The fourth-order valence-electron chi connectivity index (χ4n) is 3.01. The van der Waals surface area contributed by atoms with E-state index in [2.05, 4.69) is 14.7 Å². The second-order valence-electron chi connectivity index (χ2n) is 5.61. The summed E-state index contributed by atoms with van der Waals surface area (Å²) < 4.78 is 5.88. The fraction of sp³-hybridized carbons (Fsp3) is 0.600. The predicted molar refractivity (Wildman–Crippen MR) is 84.8 cm³/mol. The third-order valence-corrected chi connectivity index (χ3v) is 4.98. The van der Waals surface area contributed by atoms with Crippen LogP contribution in [0.3, 0.4) is 0 Å². The minimum atomic E-state index is 0.108. The molecular formula is C15H21N5OS. The Kier molecular flexibility index (Phi) is 4.82. The van der Waals surface area contributed by atoms with Gasteiger partial charge in [-0.1, -0.05) is 11.4 Å². The van der Waals surface area contributed by atoms with E-state index in [0.717, 1.165) is 44.5 Å². The Bertz CT molecular complexity index is 609. The Morgan fingerprint density at radius 1 is 1.45 bits per heavy atom. The molecule has 0 saturated carbocycles. The lowest BCUT2D eigenvalue weighted by atomic mass is 9.99. The molecule has 1 aliphatic heterocycles. The average Bonchev–Trinajstić information content (AvgIpc) is 3.23. The number of amides is 1. The van der Waals surface area contributed by atoms with Crippen LogP contribution in [0.5, 0.6) is 0 Å². The third kappa shape index (κ3) is 3.19. The molecule has 3 rings (SSSR count). The maximum Gasteiger partial charge on any atom is 0.267 e. The van der Waals surface area contributed by atoms with Crippen LogP contribution in [-0.2, 0) is 13.0 Å². The van der Waals surface area contributed by atoms with E-state index in [9.17, 15) is 4.79 Å². The van der Waals surface area contributed by atoms with E-state index in [-0.39, 0.29) is 11.9 Å². The highest BCUT2D eigenvalue weighted by molar-refractivity contribution is 7.08. The van der Waals surface area contributed by atoms with Crippen molar-refractivity contribution in [2.45, 2.75) is 51.6 Å². The molecule has 22 heavy (non-hydrogen) atoms. The van der Waals surface area contributed by atoms with Crippen molar-refractivity contribution in [3.05, 3.63) is 29.0 Å². The van der Waals surface area contributed by atoms with Gasteiger partial charge < -0.3 is 4.90 Å². The summed E-state index contributed by atoms with van der Waals surface area (Å²) in [5, 5.41) is 8.31. The van der Waals surface area contributed by atoms with Crippen LogP contribution in [-0.4, -0.2) is 42.8 Å². The number of hydrogen-bond acceptors (Lipinski definition) is 5. The fourth-order valence-corrected chi connectivity index (χ4v) is 3.72. The van der Waals surface area contributed by atoms with E-state index in [4.69, 9.17) is 0 Å². The number of carbonyl (C=O) groups is 1. The lowest BCUT2D eigenvalue weighted by molar-refractivity contribution is 0.0597. The summed E-state index contributed by atoms with van der Waals surface area (Å²) in [6, 6.07) is 2.22. The molecular weight excluding hydrogens is 298 g/mol. The molecule has 0 aliphatic carbocycles. The lowest BCUT2D eigenvalue weighted by Gasteiger charge is -2.35. The van der Waals surface area contributed by atoms with Gasteiger partial charge >= 0.3 is 0 Å². The summed E-state index contributed by atoms with van der Waals surface area (Å²) in [7, 11) is 0. The zero-order valence-electron chi connectivity index (χ0n) is 12.8. The van der Waals surface area contributed by atoms with Gasteiger partial charge in [0, 0.05) is 31.5 Å². The largest absolute Gasteiger partial charge is 0.335 e. The molecule has 1 saturated heterocycles. The van der Waals surface area contributed by atoms with E-state index < -0.39 is 0 Å². The molecule has 118 valence electrons. The summed E-state index contributed by atoms with van der Waals surface area (Å²) in [5.41, 5.74) is 0.825. The normalized spacial score (nSPS) is 18.6. The topological polar surface area (TPSA) is 63.9 Å². The molecule has 2 aromatic heterocycles. The zero-order valence-corrected chi connectivity index (χ0v) is 13.6. The first-order chi connectivity index (χ1) is 10.8. The van der Waals surface area contributed by atoms with Gasteiger partial charge in [-0.05, 0) is 49.7 Å². The van der Waals surface area contributed by atoms with E-state index in [1.165, 1.54) is 18.0 Å². The minimum Gasteiger partial charge on any atom is -0.335 e. The SMILES string of the molecule is CCc1nnsc1C(=O)N1CCCC[C@H]1CCn1cccn1. The van der Waals surface area contributed by atoms with Crippen LogP contribution in [0, 0.1) is 0 Å². The standard InChI is InChI=1S/C15H21N5OS/c1-2-13-14(22-18-17-13)15(21)20-10-4-3-6-12(20)7-11-19-9-5-8-16-19/h5,8-9,12H,2-4,6-7,10-11H2,1H3/t12-/m0/s1. The zero-order chi connectivity index (χ0) is 15.4. The van der Waals surface area contributed by atoms with Gasteiger partial charge in [-0.3, -0.25) is 9.48 Å². The van der Waals surface area contributed by atoms with Crippen molar-refractivity contribution >= 4 is 17.4 Å². The first-order valence-corrected chi connectivity index (χ1v) is 8.66. The summed E-state index contributed by atoms with van der Waals surface area (Å²) in [6.45, 7) is 3.70. The number of aromatic nitrogens is 4. The van der Waals surface area contributed by atoms with Crippen molar-refractivity contribution in [3.8, 4) is 0 Å². The summed E-state index contributed by atoms with van der Waals surface area (Å²) >= 11 is 1.22. The Hall–Kier alpha value is -1.76. The van der Waals surface area contributed by atoms with E-state index >= 15 is 0 Å². The molecule has 1 fully saturated rings. The van der Waals surface area contributed by atoms with Crippen molar-refractivity contribution in [3.63, 3.8) is 0 Å². The monoisotopic (exact) mass is 319 g/mol. The molecule has 0 radical (unpaired) electrons. The Labute approximate surface area is 134 Å². The molecule has 7 heteroatoms. The Morgan fingerprint density at radius 3 is 3.14 bits per heavy atom. The van der Waals surface area contributed by atoms with Crippen LogP contribution in [0.4, 0.5) is 0 Å². The number of piperidine rings is 1. The molecule has 0 N–H and O–H groups in total. The first kappa shape index (κ1) is 15.1. The van der Waals surface area contributed by atoms with Gasteiger partial charge in [-0.25, -0.2) is 0 Å². The van der Waals surface area contributed by atoms with Gasteiger partial charge in [-0.2, -0.15) is 5.10 Å². The maximum atomic E-state index is 12.8. The molecule has 1 aliphatic rings. The molecule has 1 amide bonds. The van der Waals surface area contributed by atoms with Gasteiger partial charge in [0.05, 0.1) is 5.69 Å². The highest BCUT2D eigenvalue weighted by Crippen LogP contribution is 2.24. The molecule has 0 aromatic carbocycles. The van der Waals surface area contributed by atoms with E-state index in [0.29, 0.717) is 4.88 Å². The Morgan fingerprint density at radius 2 is 2.36 bits per heavy atom. The number of likely N-dealkylation sites (tertiary alicyclic amines) is 1. The van der Waals surface area contributed by atoms with Gasteiger partial charge in [0.15, 0.2) is 0 Å². The Balaban J connectivity index is 1.70. The number of carbonyl (C=O) groups excluding carboxylic acids is 1. The van der Waals surface area contributed by atoms with Gasteiger partial charge in [0.2, 0.25) is 0 Å². The van der Waals surface area contributed by atoms with Crippen LogP contribution in [0.15, 0.2) is 18.5 Å². The minimum absolute atomic E-state index is 0.108. The number of nitrogens with zero attached hydrogens (tertiary/aromatic N) is 5. The van der Waals surface area contributed by atoms with Crippen LogP contribution >= 0.6 is 11.5 Å². The van der Waals surface area contributed by atoms with Crippen LogP contribution in [0.25, 0.3) is 0 Å². The van der Waals surface area contributed by atoms with Crippen LogP contribution < -0.4 is 0 Å². The summed E-state index contributed by atoms with van der Waals surface area (Å²) in [6.07, 6.45) is 8.80. The number of aryl methyl sites for hydroxylation is 2. The van der Waals surface area contributed by atoms with Crippen LogP contribution in [0.1, 0.15) is 48.0 Å². The highest BCUT2D eigenvalue weighted by atomic mass is 32.1. The molecule has 6 nitrogen and oxygen atoms in total.